The van der Waals surface area contributed by atoms with E-state index in [1.165, 1.54) is 18.4 Å². The van der Waals surface area contributed by atoms with Crippen LogP contribution < -0.4 is 14.8 Å². The Labute approximate surface area is 209 Å². The first-order valence-electron chi connectivity index (χ1n) is 11.9. The smallest absolute Gasteiger partial charge is 0.293 e. The molecular formula is C27H30N2O5S. The number of ether oxygens (including phenoxy) is 2. The van der Waals surface area contributed by atoms with Crippen molar-refractivity contribution in [2.24, 2.45) is 5.92 Å². The minimum atomic E-state index is -0.321. The van der Waals surface area contributed by atoms with Gasteiger partial charge in [-0.1, -0.05) is 49.1 Å². The summed E-state index contributed by atoms with van der Waals surface area (Å²) in [5.41, 5.74) is 2.34. The molecule has 4 rings (SSSR count). The number of hydrogen-bond donors (Lipinski definition) is 1. The molecule has 0 atom stereocenters. The topological polar surface area (TPSA) is 84.9 Å². The van der Waals surface area contributed by atoms with Gasteiger partial charge in [0.2, 0.25) is 0 Å². The third kappa shape index (κ3) is 6.25. The standard InChI is InChI=1S/C27H30N2O5S/c1-18-11-13-21(14-12-18)28-24(30)17-34-25-20(9-6-10-22(25)33-2)15-23-26(31)29(27(32)35-23)16-19-7-4-3-5-8-19/h6,9-15,19H,3-5,7-8,16-17H2,1-2H3,(H,28,30)/b23-15+. The number of aryl methyl sites for hydroxylation is 1. The Morgan fingerprint density at radius 3 is 2.57 bits per heavy atom. The molecule has 7 nitrogen and oxygen atoms in total. The summed E-state index contributed by atoms with van der Waals surface area (Å²) in [4.78, 5) is 39.8. The molecule has 1 aliphatic carbocycles. The summed E-state index contributed by atoms with van der Waals surface area (Å²) in [7, 11) is 1.51. The molecular weight excluding hydrogens is 464 g/mol. The fraction of sp³-hybridized carbons (Fsp3) is 0.370. The number of hydrogen-bond acceptors (Lipinski definition) is 6. The van der Waals surface area contributed by atoms with Crippen molar-refractivity contribution in [1.82, 2.24) is 4.90 Å². The van der Waals surface area contributed by atoms with Crippen molar-refractivity contribution in [2.45, 2.75) is 39.0 Å². The number of carbonyl (C=O) groups is 3. The molecule has 0 bridgehead atoms. The van der Waals surface area contributed by atoms with E-state index < -0.39 is 0 Å². The van der Waals surface area contributed by atoms with Crippen LogP contribution in [-0.4, -0.2) is 42.2 Å². The molecule has 0 aromatic heterocycles. The molecule has 1 N–H and O–H groups in total. The zero-order valence-electron chi connectivity index (χ0n) is 20.0. The molecule has 184 valence electrons. The summed E-state index contributed by atoms with van der Waals surface area (Å²) in [6.07, 6.45) is 7.28. The number of nitrogens with one attached hydrogen (secondary N) is 1. The lowest BCUT2D eigenvalue weighted by Crippen LogP contribution is -2.34. The molecule has 8 heteroatoms. The number of para-hydroxylation sites is 1. The van der Waals surface area contributed by atoms with E-state index in [1.807, 2.05) is 31.2 Å². The second-order valence-electron chi connectivity index (χ2n) is 8.88. The Balaban J connectivity index is 1.47. The predicted molar refractivity (Wildman–Crippen MR) is 138 cm³/mol. The highest BCUT2D eigenvalue weighted by atomic mass is 32.2. The van der Waals surface area contributed by atoms with E-state index in [4.69, 9.17) is 9.47 Å². The highest BCUT2D eigenvalue weighted by molar-refractivity contribution is 8.18. The van der Waals surface area contributed by atoms with Crippen LogP contribution in [0, 0.1) is 12.8 Å². The predicted octanol–water partition coefficient (Wildman–Crippen LogP) is 5.64. The number of imide groups is 1. The molecule has 35 heavy (non-hydrogen) atoms. The van der Waals surface area contributed by atoms with Gasteiger partial charge in [-0.05, 0) is 61.7 Å². The van der Waals surface area contributed by atoms with Crippen LogP contribution in [0.5, 0.6) is 11.5 Å². The number of methoxy groups -OCH3 is 1. The van der Waals surface area contributed by atoms with E-state index in [1.54, 1.807) is 24.3 Å². The Hall–Kier alpha value is -3.26. The highest BCUT2D eigenvalue weighted by Crippen LogP contribution is 2.38. The average Bonchev–Trinajstić information content (AvgIpc) is 3.12. The first-order valence-corrected chi connectivity index (χ1v) is 12.7. The van der Waals surface area contributed by atoms with Crippen LogP contribution in [0.4, 0.5) is 10.5 Å². The first-order chi connectivity index (χ1) is 16.9. The maximum atomic E-state index is 13.0. The normalized spacial score (nSPS) is 17.7. The Morgan fingerprint density at radius 1 is 1.11 bits per heavy atom. The number of anilines is 1. The van der Waals surface area contributed by atoms with Crippen molar-refractivity contribution in [2.75, 3.05) is 25.6 Å². The minimum Gasteiger partial charge on any atom is -0.493 e. The lowest BCUT2D eigenvalue weighted by Gasteiger charge is -2.25. The number of amides is 3. The van der Waals surface area contributed by atoms with Gasteiger partial charge in [-0.15, -0.1) is 0 Å². The van der Waals surface area contributed by atoms with Gasteiger partial charge < -0.3 is 14.8 Å². The van der Waals surface area contributed by atoms with E-state index in [0.29, 0.717) is 40.1 Å². The number of benzene rings is 2. The number of carbonyl (C=O) groups excluding carboxylic acids is 3. The largest absolute Gasteiger partial charge is 0.493 e. The van der Waals surface area contributed by atoms with Crippen LogP contribution in [0.15, 0.2) is 47.4 Å². The van der Waals surface area contributed by atoms with Gasteiger partial charge in [-0.25, -0.2) is 0 Å². The number of rotatable bonds is 8. The molecule has 1 aliphatic heterocycles. The van der Waals surface area contributed by atoms with Gasteiger partial charge in [0.05, 0.1) is 12.0 Å². The molecule has 0 unspecified atom stereocenters. The fourth-order valence-corrected chi connectivity index (χ4v) is 5.20. The van der Waals surface area contributed by atoms with Crippen LogP contribution in [0.25, 0.3) is 6.08 Å². The molecule has 1 saturated carbocycles. The maximum Gasteiger partial charge on any atom is 0.293 e. The lowest BCUT2D eigenvalue weighted by atomic mass is 9.89. The van der Waals surface area contributed by atoms with Crippen LogP contribution in [0.3, 0.4) is 0 Å². The molecule has 1 heterocycles. The summed E-state index contributed by atoms with van der Waals surface area (Å²) >= 11 is 0.938. The fourth-order valence-electron chi connectivity index (χ4n) is 4.36. The molecule has 1 saturated heterocycles. The summed E-state index contributed by atoms with van der Waals surface area (Å²) in [6, 6.07) is 12.7. The van der Waals surface area contributed by atoms with Crippen LogP contribution in [-0.2, 0) is 9.59 Å². The first kappa shape index (κ1) is 24.9. The van der Waals surface area contributed by atoms with Gasteiger partial charge in [0.25, 0.3) is 17.1 Å². The van der Waals surface area contributed by atoms with Gasteiger partial charge in [0.1, 0.15) is 0 Å². The summed E-state index contributed by atoms with van der Waals surface area (Å²) < 4.78 is 11.3. The summed E-state index contributed by atoms with van der Waals surface area (Å²) in [5.74, 6) is 0.547. The van der Waals surface area contributed by atoms with Gasteiger partial charge in [0, 0.05) is 17.8 Å². The van der Waals surface area contributed by atoms with E-state index in [0.717, 1.165) is 43.0 Å². The average molecular weight is 495 g/mol. The van der Waals surface area contributed by atoms with Gasteiger partial charge in [-0.3, -0.25) is 19.3 Å². The molecule has 2 fully saturated rings. The van der Waals surface area contributed by atoms with Crippen molar-refractivity contribution < 1.29 is 23.9 Å². The summed E-state index contributed by atoms with van der Waals surface area (Å²) in [6.45, 7) is 2.21. The highest BCUT2D eigenvalue weighted by Gasteiger charge is 2.36. The third-order valence-electron chi connectivity index (χ3n) is 6.24. The SMILES string of the molecule is COc1cccc(/C=C2/SC(=O)N(CC3CCCCC3)C2=O)c1OCC(=O)Nc1ccc(C)cc1. The molecule has 2 aliphatic rings. The van der Waals surface area contributed by atoms with Crippen molar-refractivity contribution in [3.8, 4) is 11.5 Å². The zero-order chi connectivity index (χ0) is 24.8. The molecule has 3 amide bonds. The Bertz CT molecular complexity index is 1120. The van der Waals surface area contributed by atoms with Crippen LogP contribution >= 0.6 is 11.8 Å². The second-order valence-corrected chi connectivity index (χ2v) is 9.87. The Morgan fingerprint density at radius 2 is 1.86 bits per heavy atom. The van der Waals surface area contributed by atoms with Crippen LogP contribution in [0.1, 0.15) is 43.2 Å². The number of nitrogens with zero attached hydrogens (tertiary/aromatic N) is 1. The third-order valence-corrected chi connectivity index (χ3v) is 7.15. The Kier molecular flexibility index (Phi) is 8.13. The monoisotopic (exact) mass is 494 g/mol. The quantitative estimate of drug-likeness (QED) is 0.478. The van der Waals surface area contributed by atoms with E-state index >= 15 is 0 Å². The van der Waals surface area contributed by atoms with Gasteiger partial charge >= 0.3 is 0 Å². The second kappa shape index (κ2) is 11.4. The van der Waals surface area contributed by atoms with Gasteiger partial charge in [0.15, 0.2) is 18.1 Å². The van der Waals surface area contributed by atoms with Gasteiger partial charge in [-0.2, -0.15) is 0 Å². The molecule has 0 spiro atoms. The number of thioether (sulfide) groups is 1. The molecule has 0 radical (unpaired) electrons. The van der Waals surface area contributed by atoms with Crippen molar-refractivity contribution in [3.05, 3.63) is 58.5 Å². The zero-order valence-corrected chi connectivity index (χ0v) is 20.9. The minimum absolute atomic E-state index is 0.238. The van der Waals surface area contributed by atoms with E-state index in [-0.39, 0.29) is 23.7 Å². The summed E-state index contributed by atoms with van der Waals surface area (Å²) in [5, 5.41) is 2.56. The van der Waals surface area contributed by atoms with E-state index in [9.17, 15) is 14.4 Å². The van der Waals surface area contributed by atoms with Crippen molar-refractivity contribution in [3.63, 3.8) is 0 Å². The molecule has 2 aromatic carbocycles. The van der Waals surface area contributed by atoms with Crippen molar-refractivity contribution in [1.29, 1.82) is 0 Å². The maximum absolute atomic E-state index is 13.0. The molecule has 2 aromatic rings. The van der Waals surface area contributed by atoms with Crippen molar-refractivity contribution >= 4 is 40.6 Å². The lowest BCUT2D eigenvalue weighted by molar-refractivity contribution is -0.123. The van der Waals surface area contributed by atoms with Crippen LogP contribution in [0.2, 0.25) is 0 Å². The van der Waals surface area contributed by atoms with E-state index in [2.05, 4.69) is 5.32 Å².